The highest BCUT2D eigenvalue weighted by Gasteiger charge is 2.60. The van der Waals surface area contributed by atoms with E-state index < -0.39 is 35.0 Å². The van der Waals surface area contributed by atoms with Gasteiger partial charge in [0.1, 0.15) is 18.3 Å². The monoisotopic (exact) mass is 416 g/mol. The topological polar surface area (TPSA) is 78.9 Å². The first kappa shape index (κ1) is 22.0. The van der Waals surface area contributed by atoms with E-state index in [4.69, 9.17) is 14.2 Å². The molecule has 0 aromatic carbocycles. The first-order chi connectivity index (χ1) is 13.3. The first-order valence-electron chi connectivity index (χ1n) is 10.3. The molecule has 0 aromatic rings. The standard InChI is InChI=1S/C21H30F2O6/c1-19(2,3)29-15(24)5-6-27-18(26)21-9-12-7-13(10-21)16(14(8-12)11-21)28-17(25)20(4,22)23/h12-14,16H,5-11H2,1-4H3. The second kappa shape index (κ2) is 7.51. The molecule has 6 nitrogen and oxygen atoms in total. The summed E-state index contributed by atoms with van der Waals surface area (Å²) in [6.45, 7) is 5.79. The van der Waals surface area contributed by atoms with Crippen molar-refractivity contribution >= 4 is 17.9 Å². The smallest absolute Gasteiger partial charge is 0.376 e. The van der Waals surface area contributed by atoms with Gasteiger partial charge in [-0.25, -0.2) is 4.79 Å². The fourth-order valence-electron chi connectivity index (χ4n) is 5.42. The molecule has 2 unspecified atom stereocenters. The molecule has 0 spiro atoms. The number of esters is 3. The SMILES string of the molecule is CC(C)(C)OC(=O)CCOC(=O)C12CC3CC(C1)C(OC(=O)C(C)(F)F)C(C3)C2. The highest BCUT2D eigenvalue weighted by atomic mass is 19.3. The lowest BCUT2D eigenvalue weighted by Gasteiger charge is -2.57. The van der Waals surface area contributed by atoms with E-state index in [0.717, 1.165) is 12.8 Å². The molecule has 0 aliphatic heterocycles. The number of ether oxygens (including phenoxy) is 3. The molecule has 0 amide bonds. The maximum atomic E-state index is 13.3. The Morgan fingerprint density at radius 2 is 1.59 bits per heavy atom. The molecule has 4 saturated carbocycles. The van der Waals surface area contributed by atoms with Crippen LogP contribution in [0.25, 0.3) is 0 Å². The molecule has 0 saturated heterocycles. The molecule has 2 atom stereocenters. The van der Waals surface area contributed by atoms with E-state index in [1.165, 1.54) is 0 Å². The summed E-state index contributed by atoms with van der Waals surface area (Å²) in [4.78, 5) is 36.3. The van der Waals surface area contributed by atoms with Gasteiger partial charge in [-0.1, -0.05) is 0 Å². The van der Waals surface area contributed by atoms with E-state index in [9.17, 15) is 23.2 Å². The summed E-state index contributed by atoms with van der Waals surface area (Å²) in [7, 11) is 0. The van der Waals surface area contributed by atoms with Crippen LogP contribution in [0.3, 0.4) is 0 Å². The lowest BCUT2D eigenvalue weighted by molar-refractivity contribution is -0.207. The summed E-state index contributed by atoms with van der Waals surface area (Å²) in [6, 6.07) is 0. The average Bonchev–Trinajstić information content (AvgIpc) is 2.54. The number of rotatable bonds is 6. The molecule has 4 rings (SSSR count). The fraction of sp³-hybridized carbons (Fsp3) is 0.857. The average molecular weight is 416 g/mol. The largest absolute Gasteiger partial charge is 0.465 e. The third-order valence-electron chi connectivity index (χ3n) is 6.18. The van der Waals surface area contributed by atoms with Crippen LogP contribution in [-0.2, 0) is 28.6 Å². The molecule has 8 heteroatoms. The highest BCUT2D eigenvalue weighted by molar-refractivity contribution is 5.79. The van der Waals surface area contributed by atoms with Gasteiger partial charge in [-0.15, -0.1) is 0 Å². The van der Waals surface area contributed by atoms with Crippen LogP contribution in [0, 0.1) is 23.2 Å². The summed E-state index contributed by atoms with van der Waals surface area (Å²) < 4.78 is 42.3. The van der Waals surface area contributed by atoms with Crippen LogP contribution in [0.2, 0.25) is 0 Å². The molecule has 0 aromatic heterocycles. The molecular formula is C21H30F2O6. The second-order valence-corrected chi connectivity index (χ2v) is 9.98. The molecule has 4 fully saturated rings. The highest BCUT2D eigenvalue weighted by Crippen LogP contribution is 2.61. The van der Waals surface area contributed by atoms with Gasteiger partial charge in [-0.2, -0.15) is 8.78 Å². The summed E-state index contributed by atoms with van der Waals surface area (Å²) in [6.07, 6.45) is 2.62. The quantitative estimate of drug-likeness (QED) is 0.486. The van der Waals surface area contributed by atoms with Crippen molar-refractivity contribution in [1.29, 1.82) is 0 Å². The Hall–Kier alpha value is -1.73. The minimum Gasteiger partial charge on any atom is -0.465 e. The maximum absolute atomic E-state index is 13.3. The van der Waals surface area contributed by atoms with Crippen LogP contribution in [0.1, 0.15) is 66.2 Å². The Bertz CT molecular complexity index is 662. The third-order valence-corrected chi connectivity index (χ3v) is 6.18. The molecule has 0 N–H and O–H groups in total. The summed E-state index contributed by atoms with van der Waals surface area (Å²) in [5.41, 5.74) is -1.26. The molecule has 4 bridgehead atoms. The number of hydrogen-bond donors (Lipinski definition) is 0. The number of carbonyl (C=O) groups excluding carboxylic acids is 3. The van der Waals surface area contributed by atoms with Crippen molar-refractivity contribution in [3.05, 3.63) is 0 Å². The van der Waals surface area contributed by atoms with E-state index in [2.05, 4.69) is 0 Å². The van der Waals surface area contributed by atoms with Crippen molar-refractivity contribution in [1.82, 2.24) is 0 Å². The third kappa shape index (κ3) is 4.89. The molecule has 0 radical (unpaired) electrons. The number of carbonyl (C=O) groups is 3. The number of alkyl halides is 2. The Labute approximate surface area is 169 Å². The first-order valence-corrected chi connectivity index (χ1v) is 10.3. The predicted octanol–water partition coefficient (Wildman–Crippen LogP) is 3.65. The van der Waals surface area contributed by atoms with Gasteiger partial charge in [0.2, 0.25) is 0 Å². The van der Waals surface area contributed by atoms with Crippen molar-refractivity contribution in [3.63, 3.8) is 0 Å². The Balaban J connectivity index is 1.57. The van der Waals surface area contributed by atoms with Gasteiger partial charge in [0, 0.05) is 6.92 Å². The maximum Gasteiger partial charge on any atom is 0.376 e. The van der Waals surface area contributed by atoms with Crippen LogP contribution >= 0.6 is 0 Å². The molecule has 4 aliphatic rings. The van der Waals surface area contributed by atoms with Crippen LogP contribution < -0.4 is 0 Å². The van der Waals surface area contributed by atoms with Crippen LogP contribution in [0.5, 0.6) is 0 Å². The van der Waals surface area contributed by atoms with Gasteiger partial charge in [0.05, 0.1) is 11.8 Å². The van der Waals surface area contributed by atoms with E-state index in [1.54, 1.807) is 20.8 Å². The van der Waals surface area contributed by atoms with E-state index >= 15 is 0 Å². The molecular weight excluding hydrogens is 386 g/mol. The predicted molar refractivity (Wildman–Crippen MR) is 97.9 cm³/mol. The molecule has 164 valence electrons. The van der Waals surface area contributed by atoms with E-state index in [0.29, 0.717) is 32.1 Å². The minimum absolute atomic E-state index is 0.0127. The van der Waals surface area contributed by atoms with Crippen molar-refractivity contribution in [2.75, 3.05) is 6.61 Å². The summed E-state index contributed by atoms with van der Waals surface area (Å²) in [5.74, 6) is -5.69. The summed E-state index contributed by atoms with van der Waals surface area (Å²) in [5, 5.41) is 0. The molecule has 0 heterocycles. The van der Waals surface area contributed by atoms with Crippen LogP contribution in [-0.4, -0.2) is 42.1 Å². The Morgan fingerprint density at radius 3 is 2.10 bits per heavy atom. The van der Waals surface area contributed by atoms with Gasteiger partial charge < -0.3 is 14.2 Å². The van der Waals surface area contributed by atoms with Gasteiger partial charge in [-0.05, 0) is 70.6 Å². The summed E-state index contributed by atoms with van der Waals surface area (Å²) >= 11 is 0. The normalized spacial score (nSPS) is 33.3. The molecule has 29 heavy (non-hydrogen) atoms. The lowest BCUT2D eigenvalue weighted by atomic mass is 9.48. The molecule has 4 aliphatic carbocycles. The van der Waals surface area contributed by atoms with Crippen LogP contribution in [0.15, 0.2) is 0 Å². The fourth-order valence-corrected chi connectivity index (χ4v) is 5.42. The van der Waals surface area contributed by atoms with E-state index in [1.807, 2.05) is 0 Å². The zero-order chi connectivity index (χ0) is 21.6. The Kier molecular flexibility index (Phi) is 5.69. The van der Waals surface area contributed by atoms with Gasteiger partial charge in [0.15, 0.2) is 0 Å². The van der Waals surface area contributed by atoms with Crippen molar-refractivity contribution in [2.24, 2.45) is 23.2 Å². The van der Waals surface area contributed by atoms with Gasteiger partial charge in [0.25, 0.3) is 0 Å². The minimum atomic E-state index is -3.52. The zero-order valence-electron chi connectivity index (χ0n) is 17.5. The Morgan fingerprint density at radius 1 is 1.00 bits per heavy atom. The number of halogens is 2. The lowest BCUT2D eigenvalue weighted by Crippen LogP contribution is -2.58. The van der Waals surface area contributed by atoms with Gasteiger partial charge in [-0.3, -0.25) is 9.59 Å². The second-order valence-electron chi connectivity index (χ2n) is 9.98. The van der Waals surface area contributed by atoms with Crippen molar-refractivity contribution < 1.29 is 37.4 Å². The van der Waals surface area contributed by atoms with Gasteiger partial charge >= 0.3 is 23.8 Å². The van der Waals surface area contributed by atoms with Crippen molar-refractivity contribution in [2.45, 2.75) is 83.8 Å². The number of hydrogen-bond acceptors (Lipinski definition) is 6. The van der Waals surface area contributed by atoms with Crippen molar-refractivity contribution in [3.8, 4) is 0 Å². The van der Waals surface area contributed by atoms with E-state index in [-0.39, 0.29) is 30.8 Å². The zero-order valence-corrected chi connectivity index (χ0v) is 17.5. The van der Waals surface area contributed by atoms with Crippen LogP contribution in [0.4, 0.5) is 8.78 Å².